The van der Waals surface area contributed by atoms with Gasteiger partial charge in [-0.3, -0.25) is 9.59 Å². The molecule has 4 heterocycles. The first-order valence-electron chi connectivity index (χ1n) is 16.8. The Bertz CT molecular complexity index is 1040. The number of hydrogen-bond acceptors (Lipinski definition) is 21. The second-order valence-electron chi connectivity index (χ2n) is 12.9. The average Bonchev–Trinajstić information content (AvgIpc) is 3.11. The van der Waals surface area contributed by atoms with Crippen LogP contribution in [0.4, 0.5) is 0 Å². The highest BCUT2D eigenvalue weighted by molar-refractivity contribution is 5.72. The lowest BCUT2D eigenvalue weighted by Gasteiger charge is -2.45. The number of rotatable bonds is 10. The Hall–Kier alpha value is -1.78. The SMILES string of the molecule is C.CCC1O[C@H](O[C@H]2OC(CNC(C)=O)[C@@H](O)[C@H](O)C2O)[C@H](O)C(O)[C@@H]1O.CCC1O[C@H](O[C@H]2OC(COC(C)=O)[C@@H](O)[C@H](O)C2O)[C@H](O)C(O)[C@@H]1O. The van der Waals surface area contributed by atoms with Crippen molar-refractivity contribution in [1.82, 2.24) is 5.32 Å². The van der Waals surface area contributed by atoms with Crippen LogP contribution in [0.15, 0.2) is 0 Å². The molecule has 22 nitrogen and oxygen atoms in total. The molecule has 8 unspecified atom stereocenters. The maximum atomic E-state index is 11.0. The molecule has 0 spiro atoms. The predicted octanol–water partition coefficient (Wildman–Crippen LogP) is -6.61. The van der Waals surface area contributed by atoms with Crippen molar-refractivity contribution in [2.24, 2.45) is 0 Å². The van der Waals surface area contributed by atoms with Crippen molar-refractivity contribution >= 4 is 11.9 Å². The molecular weight excluding hydrogens is 722 g/mol. The summed E-state index contributed by atoms with van der Waals surface area (Å²) >= 11 is 0. The van der Waals surface area contributed by atoms with E-state index in [2.05, 4.69) is 5.32 Å². The standard InChI is InChI=1S/C15H27NO10.C15H26O11.CH4/c1-3-6-8(18)10(20)12(22)14(24-6)26-15-13(23)11(21)9(19)7(25-15)4-16-5(2)17;1-3-6-8(17)10(19)12(21)14(24-6)26-15-13(22)11(20)9(18)7(25-15)4-23-5(2)16;/h6-15,18-23H,3-4H2,1-2H3,(H,16,17);6-15,17-22H,3-4H2,1-2H3;1H4/t2*6?,7?,8-,9-,10?,11+,12-,13?,14-,15-;/m11./s1. The smallest absolute Gasteiger partial charge is 0.302 e. The third kappa shape index (κ3) is 11.6. The molecule has 4 fully saturated rings. The second kappa shape index (κ2) is 20.9. The molecule has 0 aromatic carbocycles. The first kappa shape index (κ1) is 47.4. The maximum absolute atomic E-state index is 11.0. The van der Waals surface area contributed by atoms with Crippen molar-refractivity contribution in [3.8, 4) is 0 Å². The van der Waals surface area contributed by atoms with Crippen molar-refractivity contribution < 1.29 is 104 Å². The summed E-state index contributed by atoms with van der Waals surface area (Å²) in [5.41, 5.74) is 0. The number of aliphatic hydroxyl groups is 12. The minimum Gasteiger partial charge on any atom is -0.463 e. The summed E-state index contributed by atoms with van der Waals surface area (Å²) in [7, 11) is 0. The zero-order valence-corrected chi connectivity index (χ0v) is 28.9. The fourth-order valence-corrected chi connectivity index (χ4v) is 5.81. The largest absolute Gasteiger partial charge is 0.463 e. The van der Waals surface area contributed by atoms with Crippen molar-refractivity contribution in [2.45, 2.75) is 171 Å². The van der Waals surface area contributed by atoms with Gasteiger partial charge in [0.05, 0.1) is 12.2 Å². The highest BCUT2D eigenvalue weighted by Gasteiger charge is 2.51. The second-order valence-corrected chi connectivity index (χ2v) is 12.9. The van der Waals surface area contributed by atoms with Crippen molar-refractivity contribution in [2.75, 3.05) is 13.2 Å². The Morgan fingerprint density at radius 2 is 0.792 bits per heavy atom. The molecule has 312 valence electrons. The molecule has 0 bridgehead atoms. The lowest BCUT2D eigenvalue weighted by atomic mass is 9.97. The topological polar surface area (TPSA) is 354 Å². The van der Waals surface area contributed by atoms with Gasteiger partial charge in [0.2, 0.25) is 5.91 Å². The number of hydrogen-bond donors (Lipinski definition) is 13. The number of amides is 1. The third-order valence-electron chi connectivity index (χ3n) is 9.02. The summed E-state index contributed by atoms with van der Waals surface area (Å²) in [4.78, 5) is 21.9. The number of esters is 1. The normalized spacial score (nSPS) is 45.9. The van der Waals surface area contributed by atoms with E-state index in [0.717, 1.165) is 6.92 Å². The van der Waals surface area contributed by atoms with Crippen LogP contribution in [0, 0.1) is 0 Å². The third-order valence-corrected chi connectivity index (χ3v) is 9.02. The zero-order valence-electron chi connectivity index (χ0n) is 28.9. The summed E-state index contributed by atoms with van der Waals surface area (Å²) in [6, 6.07) is 0. The number of aliphatic hydroxyl groups excluding tert-OH is 12. The summed E-state index contributed by atoms with van der Waals surface area (Å²) in [6.45, 7) is 5.26. The Labute approximate surface area is 305 Å². The first-order valence-corrected chi connectivity index (χ1v) is 16.8. The molecular formula is C31H57NO21. The van der Waals surface area contributed by atoms with E-state index in [4.69, 9.17) is 33.2 Å². The van der Waals surface area contributed by atoms with Crippen LogP contribution in [-0.2, 0) is 42.7 Å². The fourth-order valence-electron chi connectivity index (χ4n) is 5.81. The van der Waals surface area contributed by atoms with E-state index in [1.54, 1.807) is 13.8 Å². The lowest BCUT2D eigenvalue weighted by Crippen LogP contribution is -2.64. The van der Waals surface area contributed by atoms with Gasteiger partial charge in [-0.2, -0.15) is 0 Å². The van der Waals surface area contributed by atoms with Crippen LogP contribution in [-0.4, -0.2) is 209 Å². The predicted molar refractivity (Wildman–Crippen MR) is 172 cm³/mol. The molecule has 4 saturated heterocycles. The van der Waals surface area contributed by atoms with Gasteiger partial charge in [-0.25, -0.2) is 0 Å². The van der Waals surface area contributed by atoms with Gasteiger partial charge >= 0.3 is 5.97 Å². The molecule has 13 N–H and O–H groups in total. The van der Waals surface area contributed by atoms with Crippen molar-refractivity contribution in [3.05, 3.63) is 0 Å². The molecule has 0 saturated carbocycles. The molecule has 20 atom stereocenters. The minimum atomic E-state index is -1.70. The highest BCUT2D eigenvalue weighted by atomic mass is 16.8. The summed E-state index contributed by atoms with van der Waals surface area (Å²) in [5, 5.41) is 122. The van der Waals surface area contributed by atoms with E-state index in [-0.39, 0.29) is 19.9 Å². The average molecular weight is 780 g/mol. The van der Waals surface area contributed by atoms with Gasteiger partial charge in [-0.15, -0.1) is 0 Å². The van der Waals surface area contributed by atoms with Crippen molar-refractivity contribution in [3.63, 3.8) is 0 Å². The summed E-state index contributed by atoms with van der Waals surface area (Å²) in [6.07, 6.45) is -27.9. The van der Waals surface area contributed by atoms with E-state index < -0.39 is 135 Å². The molecule has 0 aromatic heterocycles. The van der Waals surface area contributed by atoms with Gasteiger partial charge in [-0.1, -0.05) is 21.3 Å². The molecule has 4 aliphatic rings. The summed E-state index contributed by atoms with van der Waals surface area (Å²) in [5.74, 6) is -1.01. The van der Waals surface area contributed by atoms with Crippen LogP contribution in [0.3, 0.4) is 0 Å². The molecule has 0 radical (unpaired) electrons. The van der Waals surface area contributed by atoms with E-state index in [9.17, 15) is 70.9 Å². The molecule has 22 heteroatoms. The van der Waals surface area contributed by atoms with Gasteiger partial charge < -0.3 is 99.8 Å². The molecule has 0 aromatic rings. The van der Waals surface area contributed by atoms with Crippen LogP contribution in [0.25, 0.3) is 0 Å². The van der Waals surface area contributed by atoms with Crippen LogP contribution in [0.2, 0.25) is 0 Å². The van der Waals surface area contributed by atoms with Crippen LogP contribution in [0.5, 0.6) is 0 Å². The van der Waals surface area contributed by atoms with Crippen LogP contribution in [0.1, 0.15) is 48.0 Å². The Morgan fingerprint density at radius 1 is 0.491 bits per heavy atom. The Morgan fingerprint density at radius 3 is 1.11 bits per heavy atom. The van der Waals surface area contributed by atoms with Gasteiger partial charge in [0.15, 0.2) is 25.2 Å². The van der Waals surface area contributed by atoms with E-state index in [0.29, 0.717) is 12.8 Å². The molecule has 1 amide bonds. The lowest BCUT2D eigenvalue weighted by molar-refractivity contribution is -0.375. The van der Waals surface area contributed by atoms with Gasteiger partial charge in [0.25, 0.3) is 0 Å². The van der Waals surface area contributed by atoms with Gasteiger partial charge in [0.1, 0.15) is 92.1 Å². The Balaban J connectivity index is 0.000000360. The zero-order chi connectivity index (χ0) is 39.2. The fraction of sp³-hybridized carbons (Fsp3) is 0.935. The monoisotopic (exact) mass is 779 g/mol. The first-order chi connectivity index (χ1) is 24.3. The highest BCUT2D eigenvalue weighted by Crippen LogP contribution is 2.30. The quantitative estimate of drug-likeness (QED) is 0.0917. The van der Waals surface area contributed by atoms with Gasteiger partial charge in [0, 0.05) is 20.4 Å². The van der Waals surface area contributed by atoms with Crippen LogP contribution < -0.4 is 5.32 Å². The number of nitrogens with one attached hydrogen (secondary N) is 1. The minimum absolute atomic E-state index is 0. The Kier molecular flexibility index (Phi) is 18.7. The van der Waals surface area contributed by atoms with E-state index in [1.807, 2.05) is 0 Å². The number of carbonyl (C=O) groups is 2. The molecule has 0 aliphatic carbocycles. The molecule has 53 heavy (non-hydrogen) atoms. The maximum Gasteiger partial charge on any atom is 0.302 e. The van der Waals surface area contributed by atoms with Crippen LogP contribution >= 0.6 is 0 Å². The summed E-state index contributed by atoms with van der Waals surface area (Å²) < 4.78 is 36.9. The van der Waals surface area contributed by atoms with E-state index in [1.165, 1.54) is 6.92 Å². The number of ether oxygens (including phenoxy) is 7. The number of carbonyl (C=O) groups excluding carboxylic acids is 2. The molecule has 4 rings (SSSR count). The van der Waals surface area contributed by atoms with Gasteiger partial charge in [-0.05, 0) is 12.8 Å². The van der Waals surface area contributed by atoms with E-state index >= 15 is 0 Å². The molecule has 4 aliphatic heterocycles. The van der Waals surface area contributed by atoms with Crippen molar-refractivity contribution in [1.29, 1.82) is 0 Å².